The molecule has 0 spiro atoms. The van der Waals surface area contributed by atoms with Crippen molar-refractivity contribution in [3.8, 4) is 0 Å². The molecule has 0 unspecified atom stereocenters. The summed E-state index contributed by atoms with van der Waals surface area (Å²) in [5.74, 6) is -0.451. The van der Waals surface area contributed by atoms with Gasteiger partial charge in [0.2, 0.25) is 0 Å². The molecule has 0 saturated carbocycles. The van der Waals surface area contributed by atoms with Gasteiger partial charge >= 0.3 is 0 Å². The van der Waals surface area contributed by atoms with E-state index in [1.807, 2.05) is 30.3 Å². The van der Waals surface area contributed by atoms with Crippen molar-refractivity contribution in [2.24, 2.45) is 0 Å². The van der Waals surface area contributed by atoms with Crippen molar-refractivity contribution in [1.82, 2.24) is 0 Å². The normalized spacial score (nSPS) is 11.0. The van der Waals surface area contributed by atoms with Crippen molar-refractivity contribution in [3.05, 3.63) is 74.8 Å². The van der Waals surface area contributed by atoms with Gasteiger partial charge < -0.3 is 5.32 Å². The molecule has 0 aromatic heterocycles. The van der Waals surface area contributed by atoms with Crippen molar-refractivity contribution in [3.63, 3.8) is 0 Å². The Morgan fingerprint density at radius 3 is 2.38 bits per heavy atom. The van der Waals surface area contributed by atoms with Gasteiger partial charge in [0.05, 0.1) is 9.41 Å². The van der Waals surface area contributed by atoms with E-state index in [1.54, 1.807) is 18.2 Å². The van der Waals surface area contributed by atoms with Crippen molar-refractivity contribution >= 4 is 39.3 Å². The van der Waals surface area contributed by atoms with Gasteiger partial charge in [0.15, 0.2) is 0 Å². The number of benzene rings is 2. The average molecular weight is 347 g/mol. The number of nitrogens with zero attached hydrogens (tertiary/aromatic N) is 1. The Morgan fingerprint density at radius 1 is 1.10 bits per heavy atom. The number of nitro benzene ring substituents is 1. The topological polar surface area (TPSA) is 72.2 Å². The van der Waals surface area contributed by atoms with E-state index in [4.69, 9.17) is 0 Å². The van der Waals surface area contributed by atoms with Crippen LogP contribution >= 0.6 is 15.9 Å². The number of para-hydroxylation sites is 2. The Labute approximate surface area is 129 Å². The molecule has 0 radical (unpaired) electrons. The summed E-state index contributed by atoms with van der Waals surface area (Å²) < 4.78 is 0.284. The lowest BCUT2D eigenvalue weighted by molar-refractivity contribution is -0.383. The van der Waals surface area contributed by atoms with Crippen LogP contribution in [0, 0.1) is 10.1 Å². The maximum absolute atomic E-state index is 12.0. The first kappa shape index (κ1) is 14.9. The summed E-state index contributed by atoms with van der Waals surface area (Å²) in [7, 11) is 0. The molecule has 5 nitrogen and oxygen atoms in total. The van der Waals surface area contributed by atoms with Crippen LogP contribution in [-0.2, 0) is 4.79 Å². The number of hydrogen-bond donors (Lipinski definition) is 1. The Balaban J connectivity index is 2.19. The Morgan fingerprint density at radius 2 is 1.71 bits per heavy atom. The average Bonchev–Trinajstić information content (AvgIpc) is 2.48. The molecule has 6 heteroatoms. The number of nitro groups is 1. The van der Waals surface area contributed by atoms with Crippen molar-refractivity contribution in [1.29, 1.82) is 0 Å². The largest absolute Gasteiger partial charge is 0.316 e. The molecular weight excluding hydrogens is 336 g/mol. The van der Waals surface area contributed by atoms with E-state index in [0.29, 0.717) is 0 Å². The van der Waals surface area contributed by atoms with E-state index in [1.165, 1.54) is 12.1 Å². The summed E-state index contributed by atoms with van der Waals surface area (Å²) in [4.78, 5) is 22.4. The number of carbonyl (C=O) groups is 1. The Bertz CT molecular complexity index is 699. The molecule has 106 valence electrons. The van der Waals surface area contributed by atoms with E-state index in [0.717, 1.165) is 5.56 Å². The minimum absolute atomic E-state index is 0.147. The first-order valence-corrected chi connectivity index (χ1v) is 6.84. The molecule has 0 heterocycles. The number of halogens is 1. The van der Waals surface area contributed by atoms with Crippen LogP contribution in [0.25, 0.3) is 6.08 Å². The van der Waals surface area contributed by atoms with Crippen LogP contribution in [0.1, 0.15) is 5.56 Å². The number of anilines is 1. The number of hydrogen-bond acceptors (Lipinski definition) is 3. The van der Waals surface area contributed by atoms with Crippen molar-refractivity contribution in [2.45, 2.75) is 0 Å². The molecule has 0 aliphatic rings. The summed E-state index contributed by atoms with van der Waals surface area (Å²) >= 11 is 3.18. The molecule has 2 aromatic rings. The van der Waals surface area contributed by atoms with E-state index in [2.05, 4.69) is 21.2 Å². The molecule has 0 fully saturated rings. The summed E-state index contributed by atoms with van der Waals surface area (Å²) in [5, 5.41) is 13.4. The van der Waals surface area contributed by atoms with Crippen LogP contribution in [0.15, 0.2) is 59.1 Å². The quantitative estimate of drug-likeness (QED) is 0.517. The highest BCUT2D eigenvalue weighted by Crippen LogP contribution is 2.24. The number of nitrogens with one attached hydrogen (secondary N) is 1. The fourth-order valence-corrected chi connectivity index (χ4v) is 2.05. The highest BCUT2D eigenvalue weighted by Gasteiger charge is 2.15. The van der Waals surface area contributed by atoms with Crippen LogP contribution in [0.2, 0.25) is 0 Å². The number of carbonyl (C=O) groups excluding carboxylic acids is 1. The van der Waals surface area contributed by atoms with Gasteiger partial charge in [0, 0.05) is 6.07 Å². The fraction of sp³-hybridized carbons (Fsp3) is 0. The van der Waals surface area contributed by atoms with Crippen LogP contribution in [0.3, 0.4) is 0 Å². The van der Waals surface area contributed by atoms with Crippen LogP contribution in [-0.4, -0.2) is 10.8 Å². The van der Waals surface area contributed by atoms with Crippen molar-refractivity contribution < 1.29 is 9.72 Å². The second kappa shape index (κ2) is 6.81. The smallest absolute Gasteiger partial charge is 0.292 e. The van der Waals surface area contributed by atoms with Gasteiger partial charge in [-0.1, -0.05) is 42.5 Å². The second-order valence-electron chi connectivity index (χ2n) is 4.13. The lowest BCUT2D eigenvalue weighted by atomic mass is 10.2. The molecule has 0 bridgehead atoms. The molecule has 1 amide bonds. The zero-order chi connectivity index (χ0) is 15.2. The maximum atomic E-state index is 12.0. The third-order valence-corrected chi connectivity index (χ3v) is 3.25. The predicted octanol–water partition coefficient (Wildman–Crippen LogP) is 3.97. The fourth-order valence-electron chi connectivity index (χ4n) is 1.68. The number of rotatable bonds is 4. The second-order valence-corrected chi connectivity index (χ2v) is 4.99. The maximum Gasteiger partial charge on any atom is 0.292 e. The first-order valence-electron chi connectivity index (χ1n) is 6.05. The summed E-state index contributed by atoms with van der Waals surface area (Å²) in [6.45, 7) is 0. The zero-order valence-electron chi connectivity index (χ0n) is 10.8. The van der Waals surface area contributed by atoms with E-state index in [9.17, 15) is 14.9 Å². The lowest BCUT2D eigenvalue weighted by Gasteiger charge is -2.05. The molecule has 2 aromatic carbocycles. The third-order valence-electron chi connectivity index (χ3n) is 2.66. The van der Waals surface area contributed by atoms with E-state index >= 15 is 0 Å². The van der Waals surface area contributed by atoms with Gasteiger partial charge in [-0.2, -0.15) is 0 Å². The van der Waals surface area contributed by atoms with Crippen molar-refractivity contribution in [2.75, 3.05) is 5.32 Å². The van der Waals surface area contributed by atoms with Crippen LogP contribution in [0.5, 0.6) is 0 Å². The molecular formula is C15H11BrN2O3. The Hall–Kier alpha value is -2.47. The van der Waals surface area contributed by atoms with Crippen LogP contribution in [0.4, 0.5) is 11.4 Å². The molecule has 0 aliphatic heterocycles. The molecule has 0 saturated heterocycles. The van der Waals surface area contributed by atoms with E-state index < -0.39 is 10.8 Å². The van der Waals surface area contributed by atoms with Gasteiger partial charge in [-0.15, -0.1) is 0 Å². The molecule has 1 N–H and O–H groups in total. The molecule has 21 heavy (non-hydrogen) atoms. The third kappa shape index (κ3) is 4.00. The van der Waals surface area contributed by atoms with Gasteiger partial charge in [-0.05, 0) is 33.6 Å². The summed E-state index contributed by atoms with van der Waals surface area (Å²) in [6, 6.07) is 15.3. The van der Waals surface area contributed by atoms with Gasteiger partial charge in [-0.3, -0.25) is 14.9 Å². The zero-order valence-corrected chi connectivity index (χ0v) is 12.4. The molecule has 2 rings (SSSR count). The van der Waals surface area contributed by atoms with E-state index in [-0.39, 0.29) is 15.9 Å². The molecule has 0 atom stereocenters. The molecule has 0 aliphatic carbocycles. The van der Waals surface area contributed by atoms with Gasteiger partial charge in [0.1, 0.15) is 5.69 Å². The minimum atomic E-state index is -0.537. The SMILES string of the molecule is O=C(Nc1ccccc1[N+](=O)[O-])C(Br)=Cc1ccccc1. The highest BCUT2D eigenvalue weighted by molar-refractivity contribution is 9.12. The Kier molecular flexibility index (Phi) is 4.84. The first-order chi connectivity index (χ1) is 10.1. The predicted molar refractivity (Wildman–Crippen MR) is 85.1 cm³/mol. The van der Waals surface area contributed by atoms with Gasteiger partial charge in [-0.25, -0.2) is 0 Å². The number of amides is 1. The monoisotopic (exact) mass is 346 g/mol. The lowest BCUT2D eigenvalue weighted by Crippen LogP contribution is -2.12. The highest BCUT2D eigenvalue weighted by atomic mass is 79.9. The minimum Gasteiger partial charge on any atom is -0.316 e. The standard InChI is InChI=1S/C15H11BrN2O3/c16-12(10-11-6-2-1-3-7-11)15(19)17-13-8-4-5-9-14(13)18(20)21/h1-10H,(H,17,19). The van der Waals surface area contributed by atoms with Crippen LogP contribution < -0.4 is 5.32 Å². The van der Waals surface area contributed by atoms with Gasteiger partial charge in [0.25, 0.3) is 11.6 Å². The summed E-state index contributed by atoms with van der Waals surface area (Å²) in [6.07, 6.45) is 1.64. The summed E-state index contributed by atoms with van der Waals surface area (Å²) in [5.41, 5.74) is 0.860.